The molecule has 1 aromatic heterocycles. The summed E-state index contributed by atoms with van der Waals surface area (Å²) < 4.78 is 0. The van der Waals surface area contributed by atoms with E-state index < -0.39 is 0 Å². The molecular weight excluding hydrogens is 304 g/mol. The Labute approximate surface area is 152 Å². The van der Waals surface area contributed by atoms with Crippen LogP contribution < -0.4 is 0 Å². The minimum Gasteiger partial charge on any atom is -0.233 e. The molecule has 1 heterocycles. The highest BCUT2D eigenvalue weighted by molar-refractivity contribution is 5.65. The van der Waals surface area contributed by atoms with Crippen molar-refractivity contribution in [2.75, 3.05) is 0 Å². The second kappa shape index (κ2) is 9.93. The van der Waals surface area contributed by atoms with Crippen LogP contribution in [0.3, 0.4) is 0 Å². The van der Waals surface area contributed by atoms with Gasteiger partial charge < -0.3 is 0 Å². The van der Waals surface area contributed by atoms with Crippen molar-refractivity contribution in [1.29, 1.82) is 0 Å². The number of unbranched alkanes of at least 4 members (excludes halogenated alkanes) is 1. The molecule has 0 amide bonds. The summed E-state index contributed by atoms with van der Waals surface area (Å²) in [5.41, 5.74) is 4.59. The minimum atomic E-state index is 0.343. The molecule has 0 spiro atoms. The summed E-state index contributed by atoms with van der Waals surface area (Å²) in [5, 5.41) is 0. The van der Waals surface area contributed by atoms with E-state index in [1.165, 1.54) is 5.57 Å². The number of hydrogen-bond acceptors (Lipinski definition) is 2. The van der Waals surface area contributed by atoms with E-state index in [-0.39, 0.29) is 0 Å². The van der Waals surface area contributed by atoms with Gasteiger partial charge in [-0.2, -0.15) is 0 Å². The SMILES string of the molecule is C=CCC(C)c1cc(/C(=C/CCC)CCC)nc(-c2ccccc2)n1. The summed E-state index contributed by atoms with van der Waals surface area (Å²) in [6.45, 7) is 10.5. The Morgan fingerprint density at radius 2 is 1.88 bits per heavy atom. The van der Waals surface area contributed by atoms with Crippen molar-refractivity contribution in [3.05, 3.63) is 66.5 Å². The lowest BCUT2D eigenvalue weighted by Gasteiger charge is -2.14. The van der Waals surface area contributed by atoms with Gasteiger partial charge >= 0.3 is 0 Å². The van der Waals surface area contributed by atoms with Crippen molar-refractivity contribution in [1.82, 2.24) is 9.97 Å². The van der Waals surface area contributed by atoms with Crippen molar-refractivity contribution in [3.63, 3.8) is 0 Å². The molecule has 0 saturated carbocycles. The van der Waals surface area contributed by atoms with E-state index in [4.69, 9.17) is 9.97 Å². The molecule has 2 heteroatoms. The van der Waals surface area contributed by atoms with Gasteiger partial charge in [0.05, 0.1) is 5.69 Å². The average molecular weight is 335 g/mol. The molecule has 0 aliphatic rings. The Hall–Kier alpha value is -2.22. The van der Waals surface area contributed by atoms with E-state index in [0.29, 0.717) is 5.92 Å². The van der Waals surface area contributed by atoms with Crippen LogP contribution in [-0.4, -0.2) is 9.97 Å². The van der Waals surface area contributed by atoms with Crippen LogP contribution in [0.1, 0.15) is 70.2 Å². The van der Waals surface area contributed by atoms with Gasteiger partial charge in [0, 0.05) is 17.2 Å². The maximum atomic E-state index is 4.91. The van der Waals surface area contributed by atoms with Crippen molar-refractivity contribution in [2.24, 2.45) is 0 Å². The number of aromatic nitrogens is 2. The zero-order valence-electron chi connectivity index (χ0n) is 15.8. The Morgan fingerprint density at radius 3 is 2.52 bits per heavy atom. The average Bonchev–Trinajstić information content (AvgIpc) is 2.65. The van der Waals surface area contributed by atoms with Crippen LogP contribution in [0.5, 0.6) is 0 Å². The highest BCUT2D eigenvalue weighted by atomic mass is 14.9. The van der Waals surface area contributed by atoms with Gasteiger partial charge in [-0.05, 0) is 30.9 Å². The molecule has 0 aliphatic heterocycles. The second-order valence-electron chi connectivity index (χ2n) is 6.56. The molecule has 0 fully saturated rings. The standard InChI is InChI=1S/C23H30N2/c1-5-8-14-19(13-7-3)22-17-21(18(4)12-6-2)24-23(25-22)20-15-10-9-11-16-20/h6,9-11,14-18H,2,5,7-8,12-13H2,1,3-4H3/b19-14+. The Bertz CT molecular complexity index is 701. The first-order chi connectivity index (χ1) is 12.2. The lowest BCUT2D eigenvalue weighted by Crippen LogP contribution is -2.03. The van der Waals surface area contributed by atoms with E-state index in [1.807, 2.05) is 24.3 Å². The summed E-state index contributed by atoms with van der Waals surface area (Å²) >= 11 is 0. The van der Waals surface area contributed by atoms with Crippen molar-refractivity contribution >= 4 is 5.57 Å². The van der Waals surface area contributed by atoms with Gasteiger partial charge in [-0.15, -0.1) is 6.58 Å². The molecule has 1 unspecified atom stereocenters. The maximum absolute atomic E-state index is 4.91. The molecule has 2 nitrogen and oxygen atoms in total. The van der Waals surface area contributed by atoms with Gasteiger partial charge in [0.15, 0.2) is 5.82 Å². The van der Waals surface area contributed by atoms with Crippen LogP contribution in [0, 0.1) is 0 Å². The molecule has 0 N–H and O–H groups in total. The fourth-order valence-electron chi connectivity index (χ4n) is 2.89. The number of nitrogens with zero attached hydrogens (tertiary/aromatic N) is 2. The van der Waals surface area contributed by atoms with E-state index >= 15 is 0 Å². The monoisotopic (exact) mass is 334 g/mol. The van der Waals surface area contributed by atoms with Crippen LogP contribution >= 0.6 is 0 Å². The number of allylic oxidation sites excluding steroid dienone is 3. The molecular formula is C23H30N2. The molecule has 25 heavy (non-hydrogen) atoms. The largest absolute Gasteiger partial charge is 0.233 e. The molecule has 132 valence electrons. The van der Waals surface area contributed by atoms with E-state index in [2.05, 4.69) is 51.6 Å². The Morgan fingerprint density at radius 1 is 1.12 bits per heavy atom. The van der Waals surface area contributed by atoms with Gasteiger partial charge in [-0.3, -0.25) is 0 Å². The Kier molecular flexibility index (Phi) is 7.59. The van der Waals surface area contributed by atoms with Crippen molar-refractivity contribution in [2.45, 2.75) is 58.8 Å². The first-order valence-corrected chi connectivity index (χ1v) is 9.44. The zero-order chi connectivity index (χ0) is 18.1. The van der Waals surface area contributed by atoms with Crippen LogP contribution in [0.25, 0.3) is 17.0 Å². The maximum Gasteiger partial charge on any atom is 0.160 e. The van der Waals surface area contributed by atoms with Gasteiger partial charge in [-0.1, -0.05) is 76.1 Å². The fraction of sp³-hybridized carbons (Fsp3) is 0.391. The van der Waals surface area contributed by atoms with Gasteiger partial charge in [0.1, 0.15) is 0 Å². The van der Waals surface area contributed by atoms with E-state index in [0.717, 1.165) is 54.9 Å². The van der Waals surface area contributed by atoms with Crippen LogP contribution in [0.15, 0.2) is 55.1 Å². The predicted octanol–water partition coefficient (Wildman–Crippen LogP) is 6.81. The Balaban J connectivity index is 2.53. The first kappa shape index (κ1) is 19.1. The van der Waals surface area contributed by atoms with Gasteiger partial charge in [0.2, 0.25) is 0 Å². The van der Waals surface area contributed by atoms with Gasteiger partial charge in [0.25, 0.3) is 0 Å². The summed E-state index contributed by atoms with van der Waals surface area (Å²) in [5.74, 6) is 1.17. The third-order valence-electron chi connectivity index (χ3n) is 4.33. The van der Waals surface area contributed by atoms with Crippen molar-refractivity contribution in [3.8, 4) is 11.4 Å². The molecule has 2 aromatic rings. The third kappa shape index (κ3) is 5.38. The second-order valence-corrected chi connectivity index (χ2v) is 6.56. The predicted molar refractivity (Wildman–Crippen MR) is 108 cm³/mol. The van der Waals surface area contributed by atoms with Crippen molar-refractivity contribution < 1.29 is 0 Å². The van der Waals surface area contributed by atoms with Crippen LogP contribution in [0.4, 0.5) is 0 Å². The normalized spacial score (nSPS) is 12.8. The highest BCUT2D eigenvalue weighted by Crippen LogP contribution is 2.27. The molecule has 1 atom stereocenters. The zero-order valence-corrected chi connectivity index (χ0v) is 15.8. The smallest absolute Gasteiger partial charge is 0.160 e. The molecule has 1 aromatic carbocycles. The quantitative estimate of drug-likeness (QED) is 0.471. The number of hydrogen-bond donors (Lipinski definition) is 0. The number of rotatable bonds is 9. The van der Waals surface area contributed by atoms with Crippen LogP contribution in [0.2, 0.25) is 0 Å². The van der Waals surface area contributed by atoms with Crippen LogP contribution in [-0.2, 0) is 0 Å². The molecule has 0 aliphatic carbocycles. The van der Waals surface area contributed by atoms with Gasteiger partial charge in [-0.25, -0.2) is 9.97 Å². The lowest BCUT2D eigenvalue weighted by molar-refractivity contribution is 0.745. The van der Waals surface area contributed by atoms with E-state index in [1.54, 1.807) is 0 Å². The minimum absolute atomic E-state index is 0.343. The summed E-state index contributed by atoms with van der Waals surface area (Å²) in [4.78, 5) is 9.77. The molecule has 2 rings (SSSR count). The topological polar surface area (TPSA) is 25.8 Å². The summed E-state index contributed by atoms with van der Waals surface area (Å²) in [6.07, 6.45) is 9.67. The summed E-state index contributed by atoms with van der Waals surface area (Å²) in [7, 11) is 0. The fourth-order valence-corrected chi connectivity index (χ4v) is 2.89. The molecule has 0 saturated heterocycles. The lowest BCUT2D eigenvalue weighted by atomic mass is 9.99. The molecule has 0 bridgehead atoms. The molecule has 0 radical (unpaired) electrons. The van der Waals surface area contributed by atoms with E-state index in [9.17, 15) is 0 Å². The number of benzene rings is 1. The first-order valence-electron chi connectivity index (χ1n) is 9.44. The summed E-state index contributed by atoms with van der Waals surface area (Å²) in [6, 6.07) is 12.4. The third-order valence-corrected chi connectivity index (χ3v) is 4.33. The highest BCUT2D eigenvalue weighted by Gasteiger charge is 2.13.